The van der Waals surface area contributed by atoms with Gasteiger partial charge in [0.05, 0.1) is 0 Å². The van der Waals surface area contributed by atoms with E-state index in [4.69, 9.17) is 27.4 Å². The van der Waals surface area contributed by atoms with Crippen LogP contribution in [0.25, 0.3) is 0 Å². The minimum Gasteiger partial charge on any atom is -0.759 e. The molecule has 0 aromatic heterocycles. The van der Waals surface area contributed by atoms with Gasteiger partial charge in [-0.25, -0.2) is 0 Å². The van der Waals surface area contributed by atoms with Crippen LogP contribution < -0.4 is 34.7 Å². The van der Waals surface area contributed by atoms with Crippen LogP contribution >= 0.6 is 0 Å². The van der Waals surface area contributed by atoms with Crippen LogP contribution in [-0.2, 0) is 15.2 Å². The van der Waals surface area contributed by atoms with Crippen molar-refractivity contribution in [2.45, 2.75) is 6.92 Å². The Labute approximate surface area is 102 Å². The maximum Gasteiger partial charge on any atom is 2.00 e. The molecule has 0 radical (unpaired) electrons. The van der Waals surface area contributed by atoms with E-state index in [1.165, 1.54) is 0 Å². The van der Waals surface area contributed by atoms with Gasteiger partial charge in [0.1, 0.15) is 0 Å². The fourth-order valence-electron chi connectivity index (χ4n) is 0. The van der Waals surface area contributed by atoms with Crippen LogP contribution in [0.5, 0.6) is 0 Å². The van der Waals surface area contributed by atoms with Crippen molar-refractivity contribution in [3.63, 3.8) is 0 Å². The Kier molecular flexibility index (Phi) is 22.9. The third-order valence-electron chi connectivity index (χ3n) is 0. The smallest absolute Gasteiger partial charge is 0.759 e. The summed E-state index contributed by atoms with van der Waals surface area (Å²) in [5.41, 5.74) is 0. The molecule has 11 heavy (non-hydrogen) atoms. The molecule has 0 aliphatic rings. The molecule has 0 heterocycles. The number of carbonyl (C=O) groups is 1. The van der Waals surface area contributed by atoms with E-state index < -0.39 is 16.4 Å². The Bertz CT molecular complexity index is 163. The molecule has 0 rings (SSSR count). The monoisotopic (exact) mass is 202 g/mol. The van der Waals surface area contributed by atoms with Crippen LogP contribution in [0.1, 0.15) is 6.92 Å². The van der Waals surface area contributed by atoms with Crippen LogP contribution in [0.3, 0.4) is 0 Å². The molecule has 0 aromatic carbocycles. The van der Waals surface area contributed by atoms with Crippen molar-refractivity contribution in [3.8, 4) is 0 Å². The Morgan fingerprint density at radius 1 is 1.27 bits per heavy atom. The second-order valence-corrected chi connectivity index (χ2v) is 1.72. The quantitative estimate of drug-likeness (QED) is 0.219. The predicted octanol–water partition coefficient (Wildman–Crippen LogP) is -5.96. The van der Waals surface area contributed by atoms with E-state index >= 15 is 0 Å². The molecule has 0 bridgehead atoms. The largest absolute Gasteiger partial charge is 2.00 e. The second kappa shape index (κ2) is 11.1. The Morgan fingerprint density at radius 2 is 1.27 bits per heavy atom. The summed E-state index contributed by atoms with van der Waals surface area (Å²) in [6.45, 7) is 0.972. The zero-order valence-electron chi connectivity index (χ0n) is 6.06. The van der Waals surface area contributed by atoms with Crippen molar-refractivity contribution >= 4 is 39.4 Å². The average molecular weight is 202 g/mol. The number of carbonyl (C=O) groups excluding carboxylic acids is 1. The minimum absolute atomic E-state index is 0. The summed E-state index contributed by atoms with van der Waals surface area (Å²) >= 11 is 0. The van der Waals surface area contributed by atoms with Crippen molar-refractivity contribution in [3.05, 3.63) is 0 Å². The van der Waals surface area contributed by atoms with Gasteiger partial charge in [-0.15, -0.1) is 0 Å². The first kappa shape index (κ1) is 22.7. The van der Waals surface area contributed by atoms with E-state index in [1.807, 2.05) is 0 Å². The van der Waals surface area contributed by atoms with Gasteiger partial charge >= 0.3 is 52.6 Å². The van der Waals surface area contributed by atoms with E-state index in [-0.39, 0.29) is 52.6 Å². The Hall–Kier alpha value is 1.11. The van der Waals surface area contributed by atoms with E-state index in [9.17, 15) is 0 Å². The molecule has 0 aliphatic heterocycles. The van der Waals surface area contributed by atoms with Crippen LogP contribution in [0, 0.1) is 0 Å². The molecular weight excluding hydrogens is 199 g/mol. The number of hydrogen-bond acceptors (Lipinski definition) is 6. The molecule has 0 saturated heterocycles. The van der Waals surface area contributed by atoms with Gasteiger partial charge in [-0.2, -0.15) is 0 Å². The van der Waals surface area contributed by atoms with Crippen molar-refractivity contribution < 1.29 is 57.0 Å². The third-order valence-corrected chi connectivity index (χ3v) is 0. The van der Waals surface area contributed by atoms with Crippen molar-refractivity contribution in [2.75, 3.05) is 0 Å². The fraction of sp³-hybridized carbons (Fsp3) is 0.500. The molecule has 0 aliphatic carbocycles. The minimum atomic E-state index is -5.17. The summed E-state index contributed by atoms with van der Waals surface area (Å²) in [7, 11) is -5.17. The molecular formula is C2H3MgNaO6S. The van der Waals surface area contributed by atoms with Gasteiger partial charge in [0.15, 0.2) is 0 Å². The van der Waals surface area contributed by atoms with Crippen molar-refractivity contribution in [2.24, 2.45) is 0 Å². The molecule has 0 atom stereocenters. The van der Waals surface area contributed by atoms with E-state index in [2.05, 4.69) is 0 Å². The van der Waals surface area contributed by atoms with Crippen LogP contribution in [-0.4, -0.2) is 46.5 Å². The third kappa shape index (κ3) is 753. The number of rotatable bonds is 0. The standard InChI is InChI=1S/C2H4O2.Mg.Na.H2O4S/c1-2(3)4;;;1-5(2,3)4/h1H3,(H,3,4);;;(H2,1,2,3,4)/q;+2;+1;/p-3. The molecule has 0 N–H and O–H groups in total. The van der Waals surface area contributed by atoms with Gasteiger partial charge in [0.25, 0.3) is 0 Å². The van der Waals surface area contributed by atoms with E-state index in [0.717, 1.165) is 6.92 Å². The zero-order valence-corrected chi connectivity index (χ0v) is 10.3. The molecule has 0 amide bonds. The summed E-state index contributed by atoms with van der Waals surface area (Å²) in [5, 5.41) is 8.89. The molecule has 56 valence electrons. The van der Waals surface area contributed by atoms with Gasteiger partial charge in [0.2, 0.25) is 0 Å². The van der Waals surface area contributed by atoms with Crippen LogP contribution in [0.15, 0.2) is 0 Å². The first-order chi connectivity index (χ1) is 3.73. The summed E-state index contributed by atoms with van der Waals surface area (Å²) in [5.74, 6) is -1.08. The maximum atomic E-state index is 8.89. The molecule has 0 saturated carbocycles. The topological polar surface area (TPSA) is 120 Å². The average Bonchev–Trinajstić information content (AvgIpc) is 1.19. The van der Waals surface area contributed by atoms with Crippen molar-refractivity contribution in [1.82, 2.24) is 0 Å². The Morgan fingerprint density at radius 3 is 1.27 bits per heavy atom. The summed E-state index contributed by atoms with van der Waals surface area (Å²) < 4.78 is 34.1. The van der Waals surface area contributed by atoms with Gasteiger partial charge < -0.3 is 19.0 Å². The molecule has 0 spiro atoms. The molecule has 0 aromatic rings. The maximum absolute atomic E-state index is 8.89. The molecule has 9 heteroatoms. The van der Waals surface area contributed by atoms with Gasteiger partial charge in [0, 0.05) is 16.4 Å². The predicted molar refractivity (Wildman–Crippen MR) is 26.9 cm³/mol. The molecule has 0 fully saturated rings. The second-order valence-electron chi connectivity index (χ2n) is 0.900. The summed E-state index contributed by atoms with van der Waals surface area (Å²) in [6.07, 6.45) is 0. The normalized spacial score (nSPS) is 7.55. The number of aliphatic carboxylic acids is 1. The first-order valence-electron chi connectivity index (χ1n) is 1.57. The SMILES string of the molecule is CC(=O)[O-].O=S(=O)([O-])[O-].[Mg+2].[Na+]. The zero-order chi connectivity index (χ0) is 8.08. The Balaban J connectivity index is -0.0000000383. The van der Waals surface area contributed by atoms with Crippen molar-refractivity contribution in [1.29, 1.82) is 0 Å². The van der Waals surface area contributed by atoms with E-state index in [0.29, 0.717) is 0 Å². The van der Waals surface area contributed by atoms with E-state index in [1.54, 1.807) is 0 Å². The van der Waals surface area contributed by atoms with Gasteiger partial charge in [-0.05, 0) is 6.92 Å². The molecule has 0 unspecified atom stereocenters. The van der Waals surface area contributed by atoms with Gasteiger partial charge in [-0.1, -0.05) is 0 Å². The summed E-state index contributed by atoms with van der Waals surface area (Å²) in [6, 6.07) is 0. The van der Waals surface area contributed by atoms with Crippen LogP contribution in [0.2, 0.25) is 0 Å². The fourth-order valence-corrected chi connectivity index (χ4v) is 0. The first-order valence-corrected chi connectivity index (χ1v) is 2.91. The summed E-state index contributed by atoms with van der Waals surface area (Å²) in [4.78, 5) is 8.89. The number of carboxylic acids is 1. The molecule has 6 nitrogen and oxygen atoms in total. The number of carboxylic acid groups (broad SMARTS) is 1. The van der Waals surface area contributed by atoms with Gasteiger partial charge in [-0.3, -0.25) is 8.42 Å². The number of hydrogen-bond donors (Lipinski definition) is 0. The van der Waals surface area contributed by atoms with Crippen LogP contribution in [0.4, 0.5) is 0 Å².